The van der Waals surface area contributed by atoms with Crippen molar-refractivity contribution >= 4 is 27.5 Å². The van der Waals surface area contributed by atoms with E-state index in [0.29, 0.717) is 24.5 Å². The molecule has 6 nitrogen and oxygen atoms in total. The maximum absolute atomic E-state index is 13.5. The van der Waals surface area contributed by atoms with Gasteiger partial charge in [-0.1, -0.05) is 6.07 Å². The number of hydrogen-bond donors (Lipinski definition) is 0. The predicted molar refractivity (Wildman–Crippen MR) is 110 cm³/mol. The molecule has 4 aromatic rings. The highest BCUT2D eigenvalue weighted by Gasteiger charge is 2.23. The first-order chi connectivity index (χ1) is 14.1. The Hall–Kier alpha value is -3.19. The number of rotatable bonds is 5. The van der Waals surface area contributed by atoms with Crippen molar-refractivity contribution in [1.29, 1.82) is 0 Å². The van der Waals surface area contributed by atoms with Crippen LogP contribution in [0.3, 0.4) is 0 Å². The second-order valence-corrected chi connectivity index (χ2v) is 8.07. The summed E-state index contributed by atoms with van der Waals surface area (Å²) >= 11 is 1.64. The van der Waals surface area contributed by atoms with Gasteiger partial charge in [0.25, 0.3) is 5.91 Å². The largest absolute Gasteiger partial charge is 0.464 e. The van der Waals surface area contributed by atoms with E-state index in [9.17, 15) is 4.79 Å². The lowest BCUT2D eigenvalue weighted by atomic mass is 10.1. The molecule has 0 fully saturated rings. The summed E-state index contributed by atoms with van der Waals surface area (Å²) in [6, 6.07) is 13.6. The lowest BCUT2D eigenvalue weighted by Crippen LogP contribution is -2.31. The molecule has 4 heterocycles. The molecule has 0 spiro atoms. The average Bonchev–Trinajstić information content (AvgIpc) is 3.47. The van der Waals surface area contributed by atoms with E-state index in [1.807, 2.05) is 66.4 Å². The fraction of sp³-hybridized carbons (Fsp3) is 0.227. The third kappa shape index (κ3) is 3.27. The van der Waals surface area contributed by atoms with Crippen molar-refractivity contribution in [2.75, 3.05) is 6.79 Å². The molecule has 3 aromatic heterocycles. The number of hydrogen-bond acceptors (Lipinski definition) is 5. The Kier molecular flexibility index (Phi) is 4.32. The van der Waals surface area contributed by atoms with Crippen molar-refractivity contribution in [3.05, 3.63) is 70.6 Å². The van der Waals surface area contributed by atoms with Gasteiger partial charge in [-0.05, 0) is 54.3 Å². The Balaban J connectivity index is 1.48. The van der Waals surface area contributed by atoms with Gasteiger partial charge in [0.15, 0.2) is 11.5 Å². The van der Waals surface area contributed by atoms with Crippen LogP contribution in [0.5, 0.6) is 11.5 Å². The van der Waals surface area contributed by atoms with Crippen LogP contribution in [0, 0.1) is 6.92 Å². The van der Waals surface area contributed by atoms with E-state index in [1.165, 1.54) is 0 Å². The molecule has 1 aliphatic rings. The highest BCUT2D eigenvalue weighted by atomic mass is 32.1. The highest BCUT2D eigenvalue weighted by Crippen LogP contribution is 2.33. The van der Waals surface area contributed by atoms with Gasteiger partial charge in [0, 0.05) is 13.6 Å². The Bertz CT molecular complexity index is 1200. The molecule has 0 N–H and O–H groups in total. The van der Waals surface area contributed by atoms with Gasteiger partial charge in [-0.15, -0.1) is 11.3 Å². The molecule has 0 unspecified atom stereocenters. The molecule has 0 bridgehead atoms. The smallest absolute Gasteiger partial charge is 0.271 e. The summed E-state index contributed by atoms with van der Waals surface area (Å²) in [5.74, 6) is 2.99. The van der Waals surface area contributed by atoms with Gasteiger partial charge < -0.3 is 23.4 Å². The van der Waals surface area contributed by atoms with E-state index >= 15 is 0 Å². The van der Waals surface area contributed by atoms with Crippen LogP contribution in [0.25, 0.3) is 10.2 Å². The van der Waals surface area contributed by atoms with Gasteiger partial charge in [-0.2, -0.15) is 0 Å². The molecule has 0 atom stereocenters. The normalized spacial score (nSPS) is 12.6. The summed E-state index contributed by atoms with van der Waals surface area (Å²) in [6.45, 7) is 2.96. The molecular weight excluding hydrogens is 388 g/mol. The number of nitrogens with zero attached hydrogens (tertiary/aromatic N) is 2. The summed E-state index contributed by atoms with van der Waals surface area (Å²) in [6.07, 6.45) is 0. The molecular formula is C22H20N2O4S. The predicted octanol–water partition coefficient (Wildman–Crippen LogP) is 4.71. The SMILES string of the molecule is Cc1ccc(CN(Cc2ccc3c(c2)OCO3)C(=O)c2cc3sccc3n2C)o1. The van der Waals surface area contributed by atoms with Crippen LogP contribution in [0.4, 0.5) is 0 Å². The van der Waals surface area contributed by atoms with E-state index in [-0.39, 0.29) is 12.7 Å². The first kappa shape index (κ1) is 17.9. The van der Waals surface area contributed by atoms with Gasteiger partial charge in [0.1, 0.15) is 17.2 Å². The van der Waals surface area contributed by atoms with Gasteiger partial charge >= 0.3 is 0 Å². The fourth-order valence-corrected chi connectivity index (χ4v) is 4.48. The summed E-state index contributed by atoms with van der Waals surface area (Å²) in [5.41, 5.74) is 2.70. The van der Waals surface area contributed by atoms with Crippen LogP contribution in [0.1, 0.15) is 27.6 Å². The molecule has 148 valence electrons. The van der Waals surface area contributed by atoms with Crippen LogP contribution in [-0.2, 0) is 20.1 Å². The number of carbonyl (C=O) groups excluding carboxylic acids is 1. The van der Waals surface area contributed by atoms with Crippen molar-refractivity contribution in [2.24, 2.45) is 7.05 Å². The Morgan fingerprint density at radius 1 is 1.10 bits per heavy atom. The molecule has 1 amide bonds. The van der Waals surface area contributed by atoms with Gasteiger partial charge in [0.05, 0.1) is 16.8 Å². The molecule has 1 aromatic carbocycles. The first-order valence-corrected chi connectivity index (χ1v) is 10.2. The third-order valence-electron chi connectivity index (χ3n) is 5.12. The van der Waals surface area contributed by atoms with E-state index in [2.05, 4.69) is 0 Å². The van der Waals surface area contributed by atoms with Crippen LogP contribution in [0.2, 0.25) is 0 Å². The van der Waals surface area contributed by atoms with Crippen LogP contribution < -0.4 is 9.47 Å². The van der Waals surface area contributed by atoms with Crippen molar-refractivity contribution in [1.82, 2.24) is 9.47 Å². The van der Waals surface area contributed by atoms with Crippen LogP contribution >= 0.6 is 11.3 Å². The quantitative estimate of drug-likeness (QED) is 0.480. The van der Waals surface area contributed by atoms with Crippen molar-refractivity contribution in [3.63, 3.8) is 0 Å². The number of fused-ring (bicyclic) bond motifs is 2. The van der Waals surface area contributed by atoms with E-state index in [1.54, 1.807) is 16.2 Å². The van der Waals surface area contributed by atoms with E-state index < -0.39 is 0 Å². The Morgan fingerprint density at radius 2 is 1.97 bits per heavy atom. The average molecular weight is 408 g/mol. The number of ether oxygens (including phenoxy) is 2. The van der Waals surface area contributed by atoms with Crippen LogP contribution in [-0.4, -0.2) is 22.2 Å². The van der Waals surface area contributed by atoms with Crippen molar-refractivity contribution in [3.8, 4) is 11.5 Å². The highest BCUT2D eigenvalue weighted by molar-refractivity contribution is 7.17. The number of carbonyl (C=O) groups is 1. The molecule has 1 aliphatic heterocycles. The molecule has 7 heteroatoms. The van der Waals surface area contributed by atoms with E-state index in [0.717, 1.165) is 33.1 Å². The summed E-state index contributed by atoms with van der Waals surface area (Å²) < 4.78 is 19.7. The zero-order valence-corrected chi connectivity index (χ0v) is 17.0. The Morgan fingerprint density at radius 3 is 2.76 bits per heavy atom. The summed E-state index contributed by atoms with van der Waals surface area (Å²) in [4.78, 5) is 15.3. The van der Waals surface area contributed by atoms with Crippen molar-refractivity contribution < 1.29 is 18.7 Å². The first-order valence-electron chi connectivity index (χ1n) is 9.34. The Labute approximate surface area is 171 Å². The van der Waals surface area contributed by atoms with E-state index in [4.69, 9.17) is 13.9 Å². The van der Waals surface area contributed by atoms with Crippen LogP contribution in [0.15, 0.2) is 52.3 Å². The maximum atomic E-state index is 13.5. The second kappa shape index (κ2) is 7.00. The standard InChI is InChI=1S/C22H20N2O4S/c1-14-3-5-16(28-14)12-24(11-15-4-6-19-20(9-15)27-13-26-19)22(25)18-10-21-17(23(18)2)7-8-29-21/h3-10H,11-13H2,1-2H3. The molecule has 0 saturated carbocycles. The summed E-state index contributed by atoms with van der Waals surface area (Å²) in [7, 11) is 1.93. The number of aromatic nitrogens is 1. The summed E-state index contributed by atoms with van der Waals surface area (Å²) in [5, 5.41) is 2.04. The number of thiophene rings is 1. The minimum atomic E-state index is -0.0392. The number of aryl methyl sites for hydroxylation is 2. The van der Waals surface area contributed by atoms with Gasteiger partial charge in [-0.3, -0.25) is 4.79 Å². The monoisotopic (exact) mass is 408 g/mol. The zero-order valence-electron chi connectivity index (χ0n) is 16.2. The molecule has 0 aliphatic carbocycles. The van der Waals surface area contributed by atoms with Crippen molar-refractivity contribution in [2.45, 2.75) is 20.0 Å². The molecule has 5 rings (SSSR count). The molecule has 29 heavy (non-hydrogen) atoms. The minimum absolute atomic E-state index is 0.0392. The molecule has 0 radical (unpaired) electrons. The topological polar surface area (TPSA) is 56.8 Å². The zero-order chi connectivity index (χ0) is 20.0. The minimum Gasteiger partial charge on any atom is -0.464 e. The lowest BCUT2D eigenvalue weighted by Gasteiger charge is -2.22. The molecule has 0 saturated heterocycles. The number of furan rings is 1. The van der Waals surface area contributed by atoms with Gasteiger partial charge in [0.2, 0.25) is 6.79 Å². The fourth-order valence-electron chi connectivity index (χ4n) is 3.63. The third-order valence-corrected chi connectivity index (χ3v) is 5.98. The number of benzene rings is 1. The lowest BCUT2D eigenvalue weighted by molar-refractivity contribution is 0.0707. The number of amides is 1. The maximum Gasteiger partial charge on any atom is 0.271 e. The van der Waals surface area contributed by atoms with Gasteiger partial charge in [-0.25, -0.2) is 0 Å². The second-order valence-electron chi connectivity index (χ2n) is 7.12.